The number of methoxy groups -OCH3 is 2. The molecule has 1 N–H and O–H groups in total. The Kier molecular flexibility index (Phi) is 8.77. The predicted molar refractivity (Wildman–Crippen MR) is 167 cm³/mol. The summed E-state index contributed by atoms with van der Waals surface area (Å²) >= 11 is 1.46. The van der Waals surface area contributed by atoms with Gasteiger partial charge in [-0.25, -0.2) is 9.07 Å². The summed E-state index contributed by atoms with van der Waals surface area (Å²) in [6.07, 6.45) is 0. The van der Waals surface area contributed by atoms with Crippen molar-refractivity contribution in [2.45, 2.75) is 38.1 Å². The Morgan fingerprint density at radius 1 is 1.05 bits per heavy atom. The number of halogens is 1. The zero-order valence-corrected chi connectivity index (χ0v) is 25.7. The second-order valence-electron chi connectivity index (χ2n) is 11.2. The highest BCUT2D eigenvalue weighted by atomic mass is 32.2. The number of carbonyl (C=O) groups excluding carboxylic acids is 2. The van der Waals surface area contributed by atoms with Crippen molar-refractivity contribution in [1.82, 2.24) is 15.1 Å². The van der Waals surface area contributed by atoms with Gasteiger partial charge in [-0.15, -0.1) is 11.8 Å². The van der Waals surface area contributed by atoms with E-state index < -0.39 is 5.54 Å². The minimum atomic E-state index is -0.530. The van der Waals surface area contributed by atoms with Crippen LogP contribution in [0.25, 0.3) is 11.3 Å². The molecule has 0 saturated carbocycles. The molecule has 0 spiro atoms. The van der Waals surface area contributed by atoms with Crippen molar-refractivity contribution in [3.63, 3.8) is 0 Å². The number of aromatic nitrogens is 2. The van der Waals surface area contributed by atoms with Crippen molar-refractivity contribution in [3.8, 4) is 22.8 Å². The minimum Gasteiger partial charge on any atom is -0.497 e. The van der Waals surface area contributed by atoms with Crippen LogP contribution in [0.2, 0.25) is 0 Å². The molecule has 4 aromatic rings. The summed E-state index contributed by atoms with van der Waals surface area (Å²) in [5, 5.41) is 7.64. The summed E-state index contributed by atoms with van der Waals surface area (Å²) in [6.45, 7) is 6.06. The Hall–Kier alpha value is -4.31. The number of benzene rings is 3. The fourth-order valence-electron chi connectivity index (χ4n) is 5.09. The first kappa shape index (κ1) is 30.2. The average Bonchev–Trinajstić information content (AvgIpc) is 3.35. The highest BCUT2D eigenvalue weighted by molar-refractivity contribution is 8.00. The number of ether oxygens (including phenoxy) is 2. The quantitative estimate of drug-likeness (QED) is 0.269. The van der Waals surface area contributed by atoms with Crippen LogP contribution in [0.1, 0.15) is 42.7 Å². The predicted octanol–water partition coefficient (Wildman–Crippen LogP) is 5.95. The zero-order chi connectivity index (χ0) is 30.7. The average molecular weight is 603 g/mol. The van der Waals surface area contributed by atoms with Gasteiger partial charge >= 0.3 is 0 Å². The molecule has 5 rings (SSSR count). The normalized spacial score (nSPS) is 15.1. The molecule has 0 radical (unpaired) electrons. The lowest BCUT2D eigenvalue weighted by Gasteiger charge is -2.29. The molecule has 1 atom stereocenters. The molecular formula is C33H35FN4O4S. The molecule has 2 amide bonds. The maximum absolute atomic E-state index is 13.9. The van der Waals surface area contributed by atoms with Crippen LogP contribution in [0.3, 0.4) is 0 Å². The number of rotatable bonds is 8. The number of thioether (sulfide) groups is 1. The van der Waals surface area contributed by atoms with Crippen molar-refractivity contribution in [1.29, 1.82) is 0 Å². The van der Waals surface area contributed by atoms with Gasteiger partial charge in [0.15, 0.2) is 0 Å². The second kappa shape index (κ2) is 12.5. The molecule has 0 bridgehead atoms. The highest BCUT2D eigenvalue weighted by Crippen LogP contribution is 2.51. The van der Waals surface area contributed by atoms with E-state index in [0.717, 1.165) is 27.9 Å². The van der Waals surface area contributed by atoms with Crippen molar-refractivity contribution >= 4 is 29.4 Å². The molecule has 224 valence electrons. The van der Waals surface area contributed by atoms with E-state index in [0.29, 0.717) is 17.3 Å². The number of amides is 2. The van der Waals surface area contributed by atoms with E-state index in [2.05, 4.69) is 5.32 Å². The summed E-state index contributed by atoms with van der Waals surface area (Å²) in [7, 11) is 3.23. The fourth-order valence-corrected chi connectivity index (χ4v) is 6.30. The van der Waals surface area contributed by atoms with E-state index in [9.17, 15) is 14.0 Å². The van der Waals surface area contributed by atoms with Gasteiger partial charge < -0.3 is 14.8 Å². The molecule has 3 aromatic carbocycles. The molecule has 1 aliphatic heterocycles. The molecule has 43 heavy (non-hydrogen) atoms. The number of anilines is 1. The van der Waals surface area contributed by atoms with Gasteiger partial charge in [-0.3, -0.25) is 14.5 Å². The molecule has 0 aliphatic carbocycles. The van der Waals surface area contributed by atoms with Crippen molar-refractivity contribution < 1.29 is 23.5 Å². The maximum atomic E-state index is 13.9. The van der Waals surface area contributed by atoms with E-state index in [1.165, 1.54) is 23.9 Å². The van der Waals surface area contributed by atoms with Gasteiger partial charge in [0.05, 0.1) is 36.5 Å². The lowest BCUT2D eigenvalue weighted by molar-refractivity contribution is -0.123. The summed E-state index contributed by atoms with van der Waals surface area (Å²) < 4.78 is 26.6. The third-order valence-electron chi connectivity index (χ3n) is 7.20. The molecule has 0 unspecified atom stereocenters. The Balaban J connectivity index is 1.66. The number of fused-ring (bicyclic) bond motifs is 1. The lowest BCUT2D eigenvalue weighted by atomic mass is 9.98. The number of hydrogen-bond acceptors (Lipinski definition) is 6. The van der Waals surface area contributed by atoms with E-state index in [1.54, 1.807) is 31.3 Å². The molecule has 0 saturated heterocycles. The number of nitrogens with zero attached hydrogens (tertiary/aromatic N) is 3. The van der Waals surface area contributed by atoms with Crippen LogP contribution < -0.4 is 19.7 Å². The van der Waals surface area contributed by atoms with Crippen LogP contribution in [0.4, 0.5) is 10.2 Å². The number of carbonyl (C=O) groups is 2. The summed E-state index contributed by atoms with van der Waals surface area (Å²) in [5.41, 5.74) is 3.50. The molecule has 8 nitrogen and oxygen atoms in total. The van der Waals surface area contributed by atoms with Crippen LogP contribution in [0.15, 0.2) is 72.8 Å². The molecule has 1 aromatic heterocycles. The smallest absolute Gasteiger partial charge is 0.240 e. The van der Waals surface area contributed by atoms with E-state index >= 15 is 0 Å². The van der Waals surface area contributed by atoms with Crippen molar-refractivity contribution in [2.24, 2.45) is 0 Å². The summed E-state index contributed by atoms with van der Waals surface area (Å²) in [4.78, 5) is 28.8. The van der Waals surface area contributed by atoms with Gasteiger partial charge in [0, 0.05) is 23.2 Å². The second-order valence-corrected chi connectivity index (χ2v) is 12.3. The zero-order valence-electron chi connectivity index (χ0n) is 24.9. The van der Waals surface area contributed by atoms with E-state index in [1.807, 2.05) is 74.0 Å². The van der Waals surface area contributed by atoms with Gasteiger partial charge in [-0.1, -0.05) is 42.5 Å². The Morgan fingerprint density at radius 2 is 1.77 bits per heavy atom. The largest absolute Gasteiger partial charge is 0.497 e. The standard InChI is InChI=1S/C33H35FN4O4S/c1-33(2,3)38-32-29(30(36-38)22-9-7-6-8-10-22)31(25-17-24(41-4)15-16-26(25)42-5)43-20-28(40)37(32)19-27(39)35-18-21-11-13-23(34)14-12-21/h6-17,31H,18-20H2,1-5H3,(H,35,39)/t31-/m1/s1. The van der Waals surface area contributed by atoms with Gasteiger partial charge in [0.25, 0.3) is 0 Å². The minimum absolute atomic E-state index is 0.128. The summed E-state index contributed by atoms with van der Waals surface area (Å²) in [6, 6.07) is 21.4. The van der Waals surface area contributed by atoms with Crippen LogP contribution in [0.5, 0.6) is 11.5 Å². The lowest BCUT2D eigenvalue weighted by Crippen LogP contribution is -2.43. The van der Waals surface area contributed by atoms with Crippen LogP contribution in [-0.4, -0.2) is 48.1 Å². The topological polar surface area (TPSA) is 85.7 Å². The number of hydrogen-bond donors (Lipinski definition) is 1. The SMILES string of the molecule is COc1ccc(OC)c([C@H]2SCC(=O)N(CC(=O)NCc3ccc(F)cc3)c3c2c(-c2ccccc2)nn3C(C)(C)C)c1. The molecular weight excluding hydrogens is 567 g/mol. The Labute approximate surface area is 255 Å². The van der Waals surface area contributed by atoms with Gasteiger partial charge in [0.1, 0.15) is 29.7 Å². The summed E-state index contributed by atoms with van der Waals surface area (Å²) in [5.74, 6) is 1.12. The van der Waals surface area contributed by atoms with Gasteiger partial charge in [-0.05, 0) is 56.7 Å². The Bertz CT molecular complexity index is 1620. The van der Waals surface area contributed by atoms with Gasteiger partial charge in [0.2, 0.25) is 11.8 Å². The van der Waals surface area contributed by atoms with Crippen LogP contribution in [0, 0.1) is 5.82 Å². The van der Waals surface area contributed by atoms with E-state index in [4.69, 9.17) is 14.6 Å². The highest BCUT2D eigenvalue weighted by Gasteiger charge is 2.40. The van der Waals surface area contributed by atoms with Crippen LogP contribution in [-0.2, 0) is 21.7 Å². The fraction of sp³-hybridized carbons (Fsp3) is 0.303. The Morgan fingerprint density at radius 3 is 2.42 bits per heavy atom. The molecule has 10 heteroatoms. The van der Waals surface area contributed by atoms with Crippen molar-refractivity contribution in [2.75, 3.05) is 31.4 Å². The first-order chi connectivity index (χ1) is 20.6. The number of nitrogens with one attached hydrogen (secondary N) is 1. The van der Waals surface area contributed by atoms with Crippen molar-refractivity contribution in [3.05, 3.63) is 95.3 Å². The monoisotopic (exact) mass is 602 g/mol. The maximum Gasteiger partial charge on any atom is 0.240 e. The third kappa shape index (κ3) is 6.39. The van der Waals surface area contributed by atoms with Crippen LogP contribution >= 0.6 is 11.8 Å². The molecule has 0 fully saturated rings. The first-order valence-corrected chi connectivity index (χ1v) is 15.0. The van der Waals surface area contributed by atoms with Gasteiger partial charge in [-0.2, -0.15) is 5.10 Å². The molecule has 1 aliphatic rings. The van der Waals surface area contributed by atoms with E-state index in [-0.39, 0.29) is 41.7 Å². The molecule has 2 heterocycles. The third-order valence-corrected chi connectivity index (χ3v) is 8.43. The first-order valence-electron chi connectivity index (χ1n) is 13.9.